The van der Waals surface area contributed by atoms with Gasteiger partial charge in [-0.05, 0) is 66.8 Å². The molecule has 6 nitrogen and oxygen atoms in total. The van der Waals surface area contributed by atoms with Crippen LogP contribution < -0.4 is 4.90 Å². The number of imide groups is 1. The van der Waals surface area contributed by atoms with Crippen molar-refractivity contribution in [2.45, 2.75) is 19.3 Å². The highest BCUT2D eigenvalue weighted by atomic mass is 35.5. The molecule has 0 saturated carbocycles. The average Bonchev–Trinajstić information content (AvgIpc) is 3.39. The minimum atomic E-state index is -0.747. The molecule has 0 radical (unpaired) electrons. The number of carbonyl (C=O) groups excluding carboxylic acids is 4. The van der Waals surface area contributed by atoms with Crippen molar-refractivity contribution in [1.82, 2.24) is 0 Å². The molecule has 0 unspecified atom stereocenters. The molecule has 0 bridgehead atoms. The number of para-hydroxylation sites is 1. The second kappa shape index (κ2) is 8.30. The molecular weight excluding hydrogens is 442 g/mol. The normalized spacial score (nSPS) is 14.3. The van der Waals surface area contributed by atoms with E-state index in [4.69, 9.17) is 16.3 Å². The third kappa shape index (κ3) is 3.72. The van der Waals surface area contributed by atoms with Gasteiger partial charge in [-0.15, -0.1) is 0 Å². The molecule has 1 aliphatic carbocycles. The van der Waals surface area contributed by atoms with E-state index in [-0.39, 0.29) is 33.2 Å². The predicted molar refractivity (Wildman–Crippen MR) is 122 cm³/mol. The van der Waals surface area contributed by atoms with E-state index in [2.05, 4.69) is 0 Å². The number of benzene rings is 3. The first-order valence-corrected chi connectivity index (χ1v) is 10.9. The maximum absolute atomic E-state index is 12.9. The zero-order valence-electron chi connectivity index (χ0n) is 17.5. The van der Waals surface area contributed by atoms with E-state index in [1.807, 2.05) is 12.1 Å². The molecule has 1 aliphatic heterocycles. The van der Waals surface area contributed by atoms with Crippen LogP contribution in [0.4, 0.5) is 5.69 Å². The first-order chi connectivity index (χ1) is 15.9. The molecular formula is C26H18ClNO5. The van der Waals surface area contributed by atoms with Crippen LogP contribution in [0.1, 0.15) is 59.0 Å². The summed E-state index contributed by atoms with van der Waals surface area (Å²) in [6.45, 7) is -0.409. The van der Waals surface area contributed by atoms with Crippen molar-refractivity contribution >= 4 is 40.9 Å². The van der Waals surface area contributed by atoms with Gasteiger partial charge in [-0.1, -0.05) is 35.9 Å². The van der Waals surface area contributed by atoms with Crippen molar-refractivity contribution in [3.63, 3.8) is 0 Å². The number of halogens is 1. The van der Waals surface area contributed by atoms with Crippen LogP contribution in [0.5, 0.6) is 0 Å². The molecule has 0 aromatic heterocycles. The van der Waals surface area contributed by atoms with E-state index in [1.54, 1.807) is 30.3 Å². The summed E-state index contributed by atoms with van der Waals surface area (Å²) in [6, 6.07) is 16.2. The molecule has 33 heavy (non-hydrogen) atoms. The van der Waals surface area contributed by atoms with Crippen LogP contribution in [0.3, 0.4) is 0 Å². The van der Waals surface area contributed by atoms with Gasteiger partial charge in [0.25, 0.3) is 11.8 Å². The summed E-state index contributed by atoms with van der Waals surface area (Å²) in [5.41, 5.74) is 3.54. The number of anilines is 1. The average molecular weight is 460 g/mol. The maximum atomic E-state index is 12.9. The first kappa shape index (κ1) is 21.1. The molecule has 0 spiro atoms. The lowest BCUT2D eigenvalue weighted by molar-refractivity contribution is 0.0474. The molecule has 0 saturated heterocycles. The van der Waals surface area contributed by atoms with Gasteiger partial charge in [-0.25, -0.2) is 9.69 Å². The van der Waals surface area contributed by atoms with Crippen LogP contribution in [0.2, 0.25) is 5.02 Å². The van der Waals surface area contributed by atoms with Crippen molar-refractivity contribution in [3.05, 3.63) is 99.1 Å². The summed E-state index contributed by atoms with van der Waals surface area (Å²) in [7, 11) is 0. The monoisotopic (exact) mass is 459 g/mol. The quantitative estimate of drug-likeness (QED) is 0.314. The van der Waals surface area contributed by atoms with Crippen molar-refractivity contribution in [3.8, 4) is 0 Å². The summed E-state index contributed by atoms with van der Waals surface area (Å²) in [5.74, 6) is -2.14. The Balaban J connectivity index is 1.31. The van der Waals surface area contributed by atoms with Crippen LogP contribution in [0, 0.1) is 0 Å². The second-order valence-electron chi connectivity index (χ2n) is 7.99. The Morgan fingerprint density at radius 3 is 2.39 bits per heavy atom. The molecule has 0 fully saturated rings. The number of ether oxygens (including phenoxy) is 1. The van der Waals surface area contributed by atoms with E-state index in [0.29, 0.717) is 5.56 Å². The lowest BCUT2D eigenvalue weighted by Gasteiger charge is -2.15. The smallest absolute Gasteiger partial charge is 0.338 e. The van der Waals surface area contributed by atoms with Crippen LogP contribution in [0.25, 0.3) is 0 Å². The SMILES string of the molecule is O=C(COC(=O)c1ccc2c(c1)C(=O)N(c1ccccc1Cl)C2=O)c1ccc2c(c1)CCC2. The number of Topliss-reactive ketones (excluding diaryl/α,β-unsaturated/α-hetero) is 1. The third-order valence-corrected chi connectivity index (χ3v) is 6.29. The Labute approximate surface area is 194 Å². The summed E-state index contributed by atoms with van der Waals surface area (Å²) >= 11 is 6.16. The first-order valence-electron chi connectivity index (χ1n) is 10.5. The Bertz CT molecular complexity index is 1350. The number of hydrogen-bond acceptors (Lipinski definition) is 5. The zero-order chi connectivity index (χ0) is 23.1. The fourth-order valence-corrected chi connectivity index (χ4v) is 4.48. The molecule has 1 heterocycles. The standard InChI is InChI=1S/C26H18ClNO5/c27-21-6-1-2-7-22(21)28-24(30)19-11-10-18(13-20(19)25(28)31)26(32)33-14-23(29)17-9-8-15-4-3-5-16(15)12-17/h1-2,6-13H,3-5,14H2. The highest BCUT2D eigenvalue weighted by Crippen LogP contribution is 2.33. The third-order valence-electron chi connectivity index (χ3n) is 5.97. The predicted octanol–water partition coefficient (Wildman–Crippen LogP) is 4.67. The van der Waals surface area contributed by atoms with E-state index < -0.39 is 24.4 Å². The van der Waals surface area contributed by atoms with Crippen molar-refractivity contribution in [2.24, 2.45) is 0 Å². The summed E-state index contributed by atoms with van der Waals surface area (Å²) < 4.78 is 5.20. The highest BCUT2D eigenvalue weighted by Gasteiger charge is 2.38. The Kier molecular flexibility index (Phi) is 5.30. The van der Waals surface area contributed by atoms with Crippen LogP contribution in [-0.4, -0.2) is 30.2 Å². The Morgan fingerprint density at radius 1 is 0.848 bits per heavy atom. The Morgan fingerprint density at radius 2 is 1.58 bits per heavy atom. The number of esters is 1. The second-order valence-corrected chi connectivity index (χ2v) is 8.40. The number of ketones is 1. The molecule has 0 atom stereocenters. The topological polar surface area (TPSA) is 80.8 Å². The van der Waals surface area contributed by atoms with Gasteiger partial charge in [0.05, 0.1) is 27.4 Å². The summed E-state index contributed by atoms with van der Waals surface area (Å²) in [5, 5.41) is 0.261. The van der Waals surface area contributed by atoms with Gasteiger partial charge in [0, 0.05) is 5.56 Å². The van der Waals surface area contributed by atoms with Gasteiger partial charge in [-0.2, -0.15) is 0 Å². The zero-order valence-corrected chi connectivity index (χ0v) is 18.2. The molecule has 2 aliphatic rings. The van der Waals surface area contributed by atoms with Gasteiger partial charge in [0.2, 0.25) is 0 Å². The summed E-state index contributed by atoms with van der Waals surface area (Å²) in [4.78, 5) is 51.7. The minimum Gasteiger partial charge on any atom is -0.454 e. The van der Waals surface area contributed by atoms with E-state index >= 15 is 0 Å². The number of amides is 2. The van der Waals surface area contributed by atoms with E-state index in [1.165, 1.54) is 23.8 Å². The number of fused-ring (bicyclic) bond motifs is 2. The number of carbonyl (C=O) groups is 4. The lowest BCUT2D eigenvalue weighted by Crippen LogP contribution is -2.29. The largest absolute Gasteiger partial charge is 0.454 e. The van der Waals surface area contributed by atoms with Gasteiger partial charge in [-0.3, -0.25) is 14.4 Å². The molecule has 5 rings (SSSR count). The number of nitrogens with zero attached hydrogens (tertiary/aromatic N) is 1. The van der Waals surface area contributed by atoms with Crippen LogP contribution in [0.15, 0.2) is 60.7 Å². The van der Waals surface area contributed by atoms with E-state index in [0.717, 1.165) is 29.7 Å². The maximum Gasteiger partial charge on any atom is 0.338 e. The number of hydrogen-bond donors (Lipinski definition) is 0. The molecule has 0 N–H and O–H groups in total. The van der Waals surface area contributed by atoms with Gasteiger partial charge in [0.1, 0.15) is 0 Å². The number of rotatable bonds is 5. The van der Waals surface area contributed by atoms with Gasteiger partial charge >= 0.3 is 5.97 Å². The number of aryl methyl sites for hydroxylation is 2. The van der Waals surface area contributed by atoms with Gasteiger partial charge in [0.15, 0.2) is 12.4 Å². The molecule has 164 valence electrons. The lowest BCUT2D eigenvalue weighted by atomic mass is 10.0. The van der Waals surface area contributed by atoms with Crippen molar-refractivity contribution < 1.29 is 23.9 Å². The van der Waals surface area contributed by atoms with Crippen molar-refractivity contribution in [2.75, 3.05) is 11.5 Å². The minimum absolute atomic E-state index is 0.0812. The van der Waals surface area contributed by atoms with Crippen LogP contribution >= 0.6 is 11.6 Å². The molecule has 7 heteroatoms. The van der Waals surface area contributed by atoms with Crippen LogP contribution in [-0.2, 0) is 17.6 Å². The Hall–Kier alpha value is -3.77. The molecule has 3 aromatic rings. The fraction of sp³-hybridized carbons (Fsp3) is 0.154. The highest BCUT2D eigenvalue weighted by molar-refractivity contribution is 6.39. The van der Waals surface area contributed by atoms with Crippen molar-refractivity contribution in [1.29, 1.82) is 0 Å². The molecule has 2 amide bonds. The fourth-order valence-electron chi connectivity index (χ4n) is 4.26. The van der Waals surface area contributed by atoms with E-state index in [9.17, 15) is 19.2 Å². The van der Waals surface area contributed by atoms with Gasteiger partial charge < -0.3 is 4.74 Å². The summed E-state index contributed by atoms with van der Waals surface area (Å²) in [6.07, 6.45) is 3.05. The molecule has 3 aromatic carbocycles.